The van der Waals surface area contributed by atoms with Gasteiger partial charge in [-0.2, -0.15) is 0 Å². The molecule has 0 heterocycles. The minimum atomic E-state index is -0.356. The minimum Gasteiger partial charge on any atom is -0.490 e. The summed E-state index contributed by atoms with van der Waals surface area (Å²) >= 11 is 5.32. The van der Waals surface area contributed by atoms with Crippen LogP contribution in [0.15, 0.2) is 78.9 Å². The lowest BCUT2D eigenvalue weighted by Crippen LogP contribution is -2.34. The van der Waals surface area contributed by atoms with Crippen LogP contribution in [-0.2, 0) is 11.3 Å². The third-order valence-electron chi connectivity index (χ3n) is 4.39. The first-order valence-corrected chi connectivity index (χ1v) is 10.7. The highest BCUT2D eigenvalue weighted by Gasteiger charge is 2.14. The van der Waals surface area contributed by atoms with Crippen molar-refractivity contribution in [3.05, 3.63) is 90.0 Å². The van der Waals surface area contributed by atoms with E-state index >= 15 is 0 Å². The van der Waals surface area contributed by atoms with Gasteiger partial charge in [0.15, 0.2) is 5.11 Å². The Morgan fingerprint density at radius 3 is 2.50 bits per heavy atom. The number of anilines is 1. The van der Waals surface area contributed by atoms with E-state index in [0.717, 1.165) is 5.56 Å². The summed E-state index contributed by atoms with van der Waals surface area (Å²) in [7, 11) is 0. The van der Waals surface area contributed by atoms with Crippen molar-refractivity contribution < 1.29 is 19.0 Å². The van der Waals surface area contributed by atoms with Crippen molar-refractivity contribution >= 4 is 28.9 Å². The molecule has 32 heavy (non-hydrogen) atoms. The summed E-state index contributed by atoms with van der Waals surface area (Å²) in [6.45, 7) is 3.81. The van der Waals surface area contributed by atoms with Gasteiger partial charge in [0, 0.05) is 18.4 Å². The van der Waals surface area contributed by atoms with Crippen molar-refractivity contribution in [1.29, 1.82) is 0 Å². The maximum atomic E-state index is 12.7. The Kier molecular flexibility index (Phi) is 9.04. The standard InChI is InChI=1S/C25H26N2O4S/c1-2-29-15-16-30-23-14-7-6-13-22(23)24(28)27-25(32)26-20-11-8-12-21(17-20)31-18-19-9-4-3-5-10-19/h3-14,17H,2,15-16,18H2,1H3,(H2,26,27,28,32). The van der Waals surface area contributed by atoms with Crippen molar-refractivity contribution in [1.82, 2.24) is 5.32 Å². The van der Waals surface area contributed by atoms with E-state index in [1.165, 1.54) is 0 Å². The van der Waals surface area contributed by atoms with Gasteiger partial charge in [0.1, 0.15) is 24.7 Å². The molecule has 0 fully saturated rings. The average Bonchev–Trinajstić information content (AvgIpc) is 2.81. The second-order valence-electron chi connectivity index (χ2n) is 6.75. The first kappa shape index (κ1) is 23.2. The highest BCUT2D eigenvalue weighted by Crippen LogP contribution is 2.20. The first-order chi connectivity index (χ1) is 15.7. The quantitative estimate of drug-likeness (QED) is 0.341. The van der Waals surface area contributed by atoms with Crippen LogP contribution in [0, 0.1) is 0 Å². The summed E-state index contributed by atoms with van der Waals surface area (Å²) in [5, 5.41) is 5.89. The van der Waals surface area contributed by atoms with E-state index < -0.39 is 0 Å². The van der Waals surface area contributed by atoms with E-state index in [2.05, 4.69) is 10.6 Å². The zero-order valence-electron chi connectivity index (χ0n) is 17.9. The molecule has 0 unspecified atom stereocenters. The minimum absolute atomic E-state index is 0.180. The summed E-state index contributed by atoms with van der Waals surface area (Å²) in [6.07, 6.45) is 0. The van der Waals surface area contributed by atoms with Gasteiger partial charge in [0.2, 0.25) is 0 Å². The van der Waals surface area contributed by atoms with Gasteiger partial charge < -0.3 is 19.5 Å². The maximum absolute atomic E-state index is 12.7. The number of thiocarbonyl (C=S) groups is 1. The van der Waals surface area contributed by atoms with E-state index in [1.807, 2.05) is 67.6 Å². The van der Waals surface area contributed by atoms with Crippen molar-refractivity contribution in [2.45, 2.75) is 13.5 Å². The normalized spacial score (nSPS) is 10.3. The molecule has 0 saturated heterocycles. The number of amides is 1. The largest absolute Gasteiger partial charge is 0.490 e. The predicted octanol–water partition coefficient (Wildman–Crippen LogP) is 4.81. The van der Waals surface area contributed by atoms with Gasteiger partial charge >= 0.3 is 0 Å². The van der Waals surface area contributed by atoms with E-state index in [9.17, 15) is 4.79 Å². The zero-order valence-corrected chi connectivity index (χ0v) is 18.7. The fourth-order valence-corrected chi connectivity index (χ4v) is 3.08. The second kappa shape index (κ2) is 12.4. The Hall–Kier alpha value is -3.42. The van der Waals surface area contributed by atoms with Crippen LogP contribution < -0.4 is 20.1 Å². The SMILES string of the molecule is CCOCCOc1ccccc1C(=O)NC(=S)Nc1cccc(OCc2ccccc2)c1. The predicted molar refractivity (Wildman–Crippen MR) is 129 cm³/mol. The van der Waals surface area contributed by atoms with Crippen molar-refractivity contribution in [2.75, 3.05) is 25.1 Å². The second-order valence-corrected chi connectivity index (χ2v) is 7.16. The van der Waals surface area contributed by atoms with E-state index in [-0.39, 0.29) is 11.0 Å². The fourth-order valence-electron chi connectivity index (χ4n) is 2.87. The molecule has 2 N–H and O–H groups in total. The average molecular weight is 451 g/mol. The van der Waals surface area contributed by atoms with Crippen LogP contribution in [0.1, 0.15) is 22.8 Å². The summed E-state index contributed by atoms with van der Waals surface area (Å²) in [5.41, 5.74) is 2.19. The van der Waals surface area contributed by atoms with Gasteiger partial charge in [-0.1, -0.05) is 48.5 Å². The lowest BCUT2D eigenvalue weighted by atomic mass is 10.2. The lowest BCUT2D eigenvalue weighted by molar-refractivity contribution is 0.0958. The van der Waals surface area contributed by atoms with E-state index in [1.54, 1.807) is 18.2 Å². The number of benzene rings is 3. The molecular formula is C25H26N2O4S. The molecule has 3 aromatic carbocycles. The summed E-state index contributed by atoms with van der Waals surface area (Å²) in [5.74, 6) is 0.816. The van der Waals surface area contributed by atoms with Crippen molar-refractivity contribution in [3.63, 3.8) is 0 Å². The molecule has 0 bridgehead atoms. The number of carbonyl (C=O) groups is 1. The van der Waals surface area contributed by atoms with E-state index in [0.29, 0.717) is 49.2 Å². The lowest BCUT2D eigenvalue weighted by Gasteiger charge is -2.14. The summed E-state index contributed by atoms with van der Waals surface area (Å²) in [4.78, 5) is 12.7. The zero-order chi connectivity index (χ0) is 22.6. The van der Waals surface area contributed by atoms with Crippen LogP contribution in [0.25, 0.3) is 0 Å². The maximum Gasteiger partial charge on any atom is 0.261 e. The van der Waals surface area contributed by atoms with Gasteiger partial charge in [-0.25, -0.2) is 0 Å². The highest BCUT2D eigenvalue weighted by molar-refractivity contribution is 7.80. The molecular weight excluding hydrogens is 424 g/mol. The number of ether oxygens (including phenoxy) is 3. The molecule has 0 atom stereocenters. The number of para-hydroxylation sites is 1. The molecule has 0 aliphatic heterocycles. The highest BCUT2D eigenvalue weighted by atomic mass is 32.1. The van der Waals surface area contributed by atoms with Crippen LogP contribution in [0.4, 0.5) is 5.69 Å². The topological polar surface area (TPSA) is 68.8 Å². The Morgan fingerprint density at radius 2 is 1.69 bits per heavy atom. The molecule has 3 aromatic rings. The summed E-state index contributed by atoms with van der Waals surface area (Å²) < 4.78 is 16.8. The van der Waals surface area contributed by atoms with Crippen LogP contribution in [-0.4, -0.2) is 30.8 Å². The van der Waals surface area contributed by atoms with Gasteiger partial charge in [0.25, 0.3) is 5.91 Å². The van der Waals surface area contributed by atoms with Gasteiger partial charge in [-0.3, -0.25) is 10.1 Å². The monoisotopic (exact) mass is 450 g/mol. The summed E-state index contributed by atoms with van der Waals surface area (Å²) in [6, 6.07) is 24.3. The third kappa shape index (κ3) is 7.37. The molecule has 7 heteroatoms. The van der Waals surface area contributed by atoms with Crippen molar-refractivity contribution in [3.8, 4) is 11.5 Å². The fraction of sp³-hybridized carbons (Fsp3) is 0.200. The smallest absolute Gasteiger partial charge is 0.261 e. The Labute approximate surface area is 193 Å². The molecule has 166 valence electrons. The van der Waals surface area contributed by atoms with E-state index in [4.69, 9.17) is 26.4 Å². The first-order valence-electron chi connectivity index (χ1n) is 10.3. The van der Waals surface area contributed by atoms with Crippen LogP contribution in [0.3, 0.4) is 0 Å². The number of hydrogen-bond donors (Lipinski definition) is 2. The number of carbonyl (C=O) groups excluding carboxylic acids is 1. The molecule has 6 nitrogen and oxygen atoms in total. The number of nitrogens with one attached hydrogen (secondary N) is 2. The van der Waals surface area contributed by atoms with Crippen molar-refractivity contribution in [2.24, 2.45) is 0 Å². The number of hydrogen-bond acceptors (Lipinski definition) is 5. The van der Waals surface area contributed by atoms with Gasteiger partial charge in [-0.05, 0) is 49.0 Å². The molecule has 0 radical (unpaired) electrons. The number of rotatable bonds is 10. The molecule has 3 rings (SSSR count). The molecule has 0 aromatic heterocycles. The molecule has 0 saturated carbocycles. The molecule has 1 amide bonds. The molecule has 0 aliphatic carbocycles. The van der Waals surface area contributed by atoms with Crippen LogP contribution >= 0.6 is 12.2 Å². The third-order valence-corrected chi connectivity index (χ3v) is 4.59. The Bertz CT molecular complexity index is 1030. The molecule has 0 spiro atoms. The van der Waals surface area contributed by atoms with Crippen LogP contribution in [0.2, 0.25) is 0 Å². The van der Waals surface area contributed by atoms with Gasteiger partial charge in [-0.15, -0.1) is 0 Å². The Balaban J connectivity index is 1.55. The molecule has 0 aliphatic rings. The Morgan fingerprint density at radius 1 is 0.906 bits per heavy atom. The van der Waals surface area contributed by atoms with Gasteiger partial charge in [0.05, 0.1) is 12.2 Å². The van der Waals surface area contributed by atoms with Crippen LogP contribution in [0.5, 0.6) is 11.5 Å².